The van der Waals surface area contributed by atoms with E-state index in [-0.39, 0.29) is 12.0 Å². The van der Waals surface area contributed by atoms with Gasteiger partial charge in [-0.2, -0.15) is 0 Å². The van der Waals surface area contributed by atoms with Crippen LogP contribution in [0.1, 0.15) is 15.9 Å². The van der Waals surface area contributed by atoms with Crippen molar-refractivity contribution in [2.75, 3.05) is 0 Å². The lowest BCUT2D eigenvalue weighted by Gasteiger charge is -1.98. The minimum atomic E-state index is -1.05. The zero-order valence-corrected chi connectivity index (χ0v) is 6.73. The van der Waals surface area contributed by atoms with Crippen LogP contribution in [0.2, 0.25) is 0 Å². The lowest BCUT2D eigenvalue weighted by atomic mass is 10.1. The molecule has 0 aliphatic heterocycles. The lowest BCUT2D eigenvalue weighted by molar-refractivity contribution is -0.136. The van der Waals surface area contributed by atoms with Crippen LogP contribution in [0.25, 0.3) is 0 Å². The normalized spacial score (nSPS) is 9.54. The van der Waals surface area contributed by atoms with E-state index in [0.29, 0.717) is 5.56 Å². The Morgan fingerprint density at radius 1 is 1.23 bits per heavy atom. The summed E-state index contributed by atoms with van der Waals surface area (Å²) in [5.74, 6) is -2.02. The second-order valence-electron chi connectivity index (χ2n) is 2.58. The number of carboxylic acid groups (broad SMARTS) is 2. The van der Waals surface area contributed by atoms with Crippen LogP contribution >= 0.6 is 0 Å². The molecule has 2 N–H and O–H groups in total. The number of aromatic carboxylic acids is 1. The second-order valence-corrected chi connectivity index (χ2v) is 2.58. The zero-order valence-electron chi connectivity index (χ0n) is 6.73. The third kappa shape index (κ3) is 2.59. The van der Waals surface area contributed by atoms with Gasteiger partial charge in [-0.15, -0.1) is 0 Å². The van der Waals surface area contributed by atoms with E-state index in [1.165, 1.54) is 18.2 Å². The van der Waals surface area contributed by atoms with E-state index >= 15 is 0 Å². The Morgan fingerprint density at radius 3 is 2.46 bits per heavy atom. The highest BCUT2D eigenvalue weighted by Gasteiger charge is 2.05. The molecule has 0 aliphatic rings. The van der Waals surface area contributed by atoms with Crippen molar-refractivity contribution in [1.29, 1.82) is 0 Å². The Labute approximate surface area is 74.4 Å². The Balaban J connectivity index is 2.91. The first-order valence-electron chi connectivity index (χ1n) is 3.63. The van der Waals surface area contributed by atoms with Crippen molar-refractivity contribution >= 4 is 11.9 Å². The molecule has 0 atom stereocenters. The standard InChI is InChI=1S/C9H8O4/c10-8(11)5-6-2-1-3-7(4-6)9(12)13/h1-4H,5H2,(H,10,11)(H,12,13). The summed E-state index contributed by atoms with van der Waals surface area (Å²) in [6.07, 6.45) is -0.152. The van der Waals surface area contributed by atoms with Crippen LogP contribution < -0.4 is 0 Å². The first kappa shape index (κ1) is 9.25. The fraction of sp³-hybridized carbons (Fsp3) is 0.111. The summed E-state index contributed by atoms with van der Waals surface area (Å²) in [6, 6.07) is 5.90. The van der Waals surface area contributed by atoms with Gasteiger partial charge in [0, 0.05) is 0 Å². The molecule has 0 unspecified atom stereocenters. The number of carboxylic acids is 2. The third-order valence-electron chi connectivity index (χ3n) is 1.53. The average molecular weight is 180 g/mol. The van der Waals surface area contributed by atoms with Gasteiger partial charge in [-0.05, 0) is 17.7 Å². The molecule has 0 radical (unpaired) electrons. The molecule has 4 heteroatoms. The summed E-state index contributed by atoms with van der Waals surface area (Å²) in [4.78, 5) is 20.8. The smallest absolute Gasteiger partial charge is 0.335 e. The fourth-order valence-corrected chi connectivity index (χ4v) is 0.989. The molecule has 0 saturated carbocycles. The molecule has 1 aromatic carbocycles. The predicted octanol–water partition coefficient (Wildman–Crippen LogP) is 1.01. The summed E-state index contributed by atoms with van der Waals surface area (Å²) in [5, 5.41) is 17.0. The number of carbonyl (C=O) groups is 2. The molecule has 68 valence electrons. The van der Waals surface area contributed by atoms with E-state index in [0.717, 1.165) is 0 Å². The van der Waals surface area contributed by atoms with Crippen molar-refractivity contribution in [3.63, 3.8) is 0 Å². The van der Waals surface area contributed by atoms with Crippen LogP contribution in [0.3, 0.4) is 0 Å². The SMILES string of the molecule is O=C(O)Cc1cccc(C(=O)O)c1. The van der Waals surface area contributed by atoms with Crippen LogP contribution in [0.5, 0.6) is 0 Å². The van der Waals surface area contributed by atoms with Gasteiger partial charge in [-0.1, -0.05) is 12.1 Å². The molecule has 0 amide bonds. The van der Waals surface area contributed by atoms with Crippen molar-refractivity contribution in [2.24, 2.45) is 0 Å². The van der Waals surface area contributed by atoms with Gasteiger partial charge in [0.25, 0.3) is 0 Å². The van der Waals surface area contributed by atoms with Gasteiger partial charge in [0.1, 0.15) is 0 Å². The second kappa shape index (κ2) is 3.71. The molecule has 1 aromatic rings. The monoisotopic (exact) mass is 180 g/mol. The van der Waals surface area contributed by atoms with Gasteiger partial charge in [0.2, 0.25) is 0 Å². The number of hydrogen-bond acceptors (Lipinski definition) is 2. The highest BCUT2D eigenvalue weighted by Crippen LogP contribution is 2.05. The topological polar surface area (TPSA) is 74.6 Å². The molecule has 0 saturated heterocycles. The predicted molar refractivity (Wildman–Crippen MR) is 44.7 cm³/mol. The minimum Gasteiger partial charge on any atom is -0.481 e. The van der Waals surface area contributed by atoms with Gasteiger partial charge >= 0.3 is 11.9 Å². The summed E-state index contributed by atoms with van der Waals surface area (Å²) in [7, 11) is 0. The third-order valence-corrected chi connectivity index (χ3v) is 1.53. The summed E-state index contributed by atoms with van der Waals surface area (Å²) < 4.78 is 0. The van der Waals surface area contributed by atoms with Crippen molar-refractivity contribution in [1.82, 2.24) is 0 Å². The van der Waals surface area contributed by atoms with Crippen LogP contribution in [-0.4, -0.2) is 22.2 Å². The van der Waals surface area contributed by atoms with Gasteiger partial charge in [0.05, 0.1) is 12.0 Å². The van der Waals surface area contributed by atoms with E-state index in [9.17, 15) is 9.59 Å². The maximum atomic E-state index is 10.5. The van der Waals surface area contributed by atoms with Gasteiger partial charge < -0.3 is 10.2 Å². The van der Waals surface area contributed by atoms with Gasteiger partial charge in [0.15, 0.2) is 0 Å². The number of benzene rings is 1. The molecular formula is C9H8O4. The van der Waals surface area contributed by atoms with Crippen LogP contribution in [0.4, 0.5) is 0 Å². The largest absolute Gasteiger partial charge is 0.481 e. The highest BCUT2D eigenvalue weighted by atomic mass is 16.4. The zero-order chi connectivity index (χ0) is 9.84. The number of hydrogen-bond donors (Lipinski definition) is 2. The lowest BCUT2D eigenvalue weighted by Crippen LogP contribution is -2.02. The quantitative estimate of drug-likeness (QED) is 0.727. The Hall–Kier alpha value is -1.84. The molecular weight excluding hydrogens is 172 g/mol. The fourth-order valence-electron chi connectivity index (χ4n) is 0.989. The molecule has 4 nitrogen and oxygen atoms in total. The van der Waals surface area contributed by atoms with E-state index in [1.54, 1.807) is 6.07 Å². The minimum absolute atomic E-state index is 0.110. The summed E-state index contributed by atoms with van der Waals surface area (Å²) in [6.45, 7) is 0. The van der Waals surface area contributed by atoms with Gasteiger partial charge in [-0.3, -0.25) is 4.79 Å². The van der Waals surface area contributed by atoms with E-state index < -0.39 is 11.9 Å². The van der Waals surface area contributed by atoms with Crippen molar-refractivity contribution in [3.8, 4) is 0 Å². The van der Waals surface area contributed by atoms with E-state index in [1.807, 2.05) is 0 Å². The summed E-state index contributed by atoms with van der Waals surface area (Å²) in [5.41, 5.74) is 0.603. The van der Waals surface area contributed by atoms with Crippen LogP contribution in [-0.2, 0) is 11.2 Å². The van der Waals surface area contributed by atoms with E-state index in [2.05, 4.69) is 0 Å². The molecule has 0 bridgehead atoms. The summed E-state index contributed by atoms with van der Waals surface area (Å²) >= 11 is 0. The van der Waals surface area contributed by atoms with Crippen LogP contribution in [0, 0.1) is 0 Å². The van der Waals surface area contributed by atoms with Gasteiger partial charge in [-0.25, -0.2) is 4.79 Å². The molecule has 1 rings (SSSR count). The molecule has 13 heavy (non-hydrogen) atoms. The molecule has 0 aliphatic carbocycles. The average Bonchev–Trinajstić information content (AvgIpc) is 2.03. The molecule has 0 aromatic heterocycles. The van der Waals surface area contributed by atoms with E-state index in [4.69, 9.17) is 10.2 Å². The first-order chi connectivity index (χ1) is 6.09. The van der Waals surface area contributed by atoms with Crippen molar-refractivity contribution in [2.45, 2.75) is 6.42 Å². The highest BCUT2D eigenvalue weighted by molar-refractivity contribution is 5.88. The Kier molecular flexibility index (Phi) is 2.64. The van der Waals surface area contributed by atoms with Crippen molar-refractivity contribution in [3.05, 3.63) is 35.4 Å². The Bertz CT molecular complexity index is 343. The maximum absolute atomic E-state index is 10.5. The number of aliphatic carboxylic acids is 1. The molecule has 0 heterocycles. The Morgan fingerprint density at radius 2 is 1.92 bits per heavy atom. The maximum Gasteiger partial charge on any atom is 0.335 e. The molecule has 0 fully saturated rings. The first-order valence-corrected chi connectivity index (χ1v) is 3.63. The van der Waals surface area contributed by atoms with Crippen LogP contribution in [0.15, 0.2) is 24.3 Å². The molecule has 0 spiro atoms. The number of rotatable bonds is 3. The van der Waals surface area contributed by atoms with Crippen molar-refractivity contribution < 1.29 is 19.8 Å².